The Balaban J connectivity index is 0.00000124. The standard InChI is InChI=1S/C26H26ClN.CH4O/c1-20-22(10-7-11-25(20)23-8-3-2-4-9-23)14-15-24-13-12-21(18-26(24)27)19-28-16-5-6-17-28;1-2/h2-4,7-15,18H,5-6,16-17,19H2,1H3;2H,1H3/b15-14+;. The molecule has 0 radical (unpaired) electrons. The lowest BCUT2D eigenvalue weighted by Crippen LogP contribution is -2.18. The van der Waals surface area contributed by atoms with Gasteiger partial charge in [-0.1, -0.05) is 84.4 Å². The van der Waals surface area contributed by atoms with Crippen LogP contribution in [0.1, 0.15) is 35.1 Å². The minimum absolute atomic E-state index is 0.824. The molecule has 1 fully saturated rings. The number of nitrogens with zero attached hydrogens (tertiary/aromatic N) is 1. The van der Waals surface area contributed by atoms with Crippen LogP contribution < -0.4 is 0 Å². The molecule has 0 spiro atoms. The van der Waals surface area contributed by atoms with E-state index in [-0.39, 0.29) is 0 Å². The Morgan fingerprint density at radius 3 is 2.27 bits per heavy atom. The molecule has 1 saturated heterocycles. The third kappa shape index (κ3) is 5.60. The van der Waals surface area contributed by atoms with Gasteiger partial charge in [0.25, 0.3) is 0 Å². The molecule has 3 aromatic carbocycles. The van der Waals surface area contributed by atoms with Crippen molar-refractivity contribution in [1.82, 2.24) is 4.90 Å². The summed E-state index contributed by atoms with van der Waals surface area (Å²) in [5.74, 6) is 0. The minimum Gasteiger partial charge on any atom is -0.400 e. The van der Waals surface area contributed by atoms with Crippen LogP contribution in [0.15, 0.2) is 66.7 Å². The maximum absolute atomic E-state index is 7.00. The van der Waals surface area contributed by atoms with E-state index in [9.17, 15) is 0 Å². The summed E-state index contributed by atoms with van der Waals surface area (Å²) >= 11 is 6.58. The monoisotopic (exact) mass is 419 g/mol. The SMILES string of the molecule is CO.Cc1c(/C=C/c2ccc(CN3CCCC3)cc2Cl)cccc1-c1ccccc1. The van der Waals surface area contributed by atoms with E-state index in [1.807, 2.05) is 0 Å². The van der Waals surface area contributed by atoms with Crippen molar-refractivity contribution in [3.8, 4) is 11.1 Å². The molecular formula is C27H30ClNO. The van der Waals surface area contributed by atoms with Crippen LogP contribution >= 0.6 is 11.6 Å². The van der Waals surface area contributed by atoms with Crippen molar-refractivity contribution in [2.75, 3.05) is 20.2 Å². The van der Waals surface area contributed by atoms with Crippen molar-refractivity contribution >= 4 is 23.8 Å². The van der Waals surface area contributed by atoms with Gasteiger partial charge >= 0.3 is 0 Å². The lowest BCUT2D eigenvalue weighted by Gasteiger charge is -2.15. The Labute approximate surface area is 185 Å². The number of hydrogen-bond donors (Lipinski definition) is 1. The predicted molar refractivity (Wildman–Crippen MR) is 130 cm³/mol. The molecule has 0 unspecified atom stereocenters. The van der Waals surface area contributed by atoms with E-state index in [1.165, 1.54) is 53.7 Å². The number of aliphatic hydroxyl groups excluding tert-OH is 1. The molecular weight excluding hydrogens is 390 g/mol. The summed E-state index contributed by atoms with van der Waals surface area (Å²) in [5.41, 5.74) is 7.39. The van der Waals surface area contributed by atoms with Gasteiger partial charge in [0.15, 0.2) is 0 Å². The van der Waals surface area contributed by atoms with Crippen molar-refractivity contribution in [1.29, 1.82) is 0 Å². The molecule has 3 heteroatoms. The zero-order chi connectivity index (χ0) is 21.3. The maximum Gasteiger partial charge on any atom is 0.0481 e. The van der Waals surface area contributed by atoms with Gasteiger partial charge in [-0.15, -0.1) is 0 Å². The van der Waals surface area contributed by atoms with Gasteiger partial charge in [0.05, 0.1) is 0 Å². The molecule has 1 aliphatic heterocycles. The molecule has 4 rings (SSSR count). The summed E-state index contributed by atoms with van der Waals surface area (Å²) in [7, 11) is 1.00. The molecule has 0 aromatic heterocycles. The van der Waals surface area contributed by atoms with Gasteiger partial charge in [0.2, 0.25) is 0 Å². The molecule has 156 valence electrons. The summed E-state index contributed by atoms with van der Waals surface area (Å²) in [6.07, 6.45) is 6.92. The third-order valence-corrected chi connectivity index (χ3v) is 5.90. The van der Waals surface area contributed by atoms with Crippen molar-refractivity contribution in [2.45, 2.75) is 26.3 Å². The second-order valence-corrected chi connectivity index (χ2v) is 7.97. The largest absolute Gasteiger partial charge is 0.400 e. The first kappa shape index (κ1) is 22.3. The molecule has 0 amide bonds. The molecule has 1 aliphatic rings. The molecule has 0 atom stereocenters. The lowest BCUT2D eigenvalue weighted by atomic mass is 9.96. The summed E-state index contributed by atoms with van der Waals surface area (Å²) in [4.78, 5) is 2.50. The Morgan fingerprint density at radius 2 is 1.57 bits per heavy atom. The number of hydrogen-bond acceptors (Lipinski definition) is 2. The van der Waals surface area contributed by atoms with Gasteiger partial charge in [-0.25, -0.2) is 0 Å². The van der Waals surface area contributed by atoms with Gasteiger partial charge in [0.1, 0.15) is 0 Å². The zero-order valence-corrected chi connectivity index (χ0v) is 18.6. The average molecular weight is 420 g/mol. The molecule has 0 bridgehead atoms. The van der Waals surface area contributed by atoms with Crippen molar-refractivity contribution in [3.05, 3.63) is 94.0 Å². The fourth-order valence-corrected chi connectivity index (χ4v) is 4.21. The van der Waals surface area contributed by atoms with Gasteiger partial charge in [-0.3, -0.25) is 4.90 Å². The van der Waals surface area contributed by atoms with Crippen LogP contribution in [0, 0.1) is 6.92 Å². The normalized spacial score (nSPS) is 14.0. The fourth-order valence-electron chi connectivity index (χ4n) is 3.95. The van der Waals surface area contributed by atoms with Crippen LogP contribution in [0.2, 0.25) is 5.02 Å². The molecule has 3 aromatic rings. The van der Waals surface area contributed by atoms with Crippen LogP contribution in [-0.2, 0) is 6.54 Å². The summed E-state index contributed by atoms with van der Waals surface area (Å²) in [6, 6.07) is 23.5. The molecule has 1 heterocycles. The van der Waals surface area contributed by atoms with E-state index in [4.69, 9.17) is 16.7 Å². The highest BCUT2D eigenvalue weighted by atomic mass is 35.5. The molecule has 30 heavy (non-hydrogen) atoms. The third-order valence-electron chi connectivity index (χ3n) is 5.57. The first-order valence-electron chi connectivity index (χ1n) is 10.5. The summed E-state index contributed by atoms with van der Waals surface area (Å²) < 4.78 is 0. The van der Waals surface area contributed by atoms with Crippen LogP contribution in [0.25, 0.3) is 23.3 Å². The van der Waals surface area contributed by atoms with Crippen LogP contribution in [0.3, 0.4) is 0 Å². The Hall–Kier alpha value is -2.39. The second kappa shape index (κ2) is 11.1. The molecule has 2 nitrogen and oxygen atoms in total. The summed E-state index contributed by atoms with van der Waals surface area (Å²) in [5, 5.41) is 7.82. The quantitative estimate of drug-likeness (QED) is 0.465. The van der Waals surface area contributed by atoms with E-state index in [0.717, 1.165) is 24.2 Å². The van der Waals surface area contributed by atoms with Crippen LogP contribution in [-0.4, -0.2) is 30.2 Å². The van der Waals surface area contributed by atoms with E-state index in [1.54, 1.807) is 0 Å². The van der Waals surface area contributed by atoms with E-state index < -0.39 is 0 Å². The number of aliphatic hydroxyl groups is 1. The average Bonchev–Trinajstić information content (AvgIpc) is 3.29. The maximum atomic E-state index is 7.00. The van der Waals surface area contributed by atoms with Crippen LogP contribution in [0.5, 0.6) is 0 Å². The Morgan fingerprint density at radius 1 is 0.867 bits per heavy atom. The summed E-state index contributed by atoms with van der Waals surface area (Å²) in [6.45, 7) is 5.59. The predicted octanol–water partition coefficient (Wildman–Crippen LogP) is 6.69. The first-order valence-corrected chi connectivity index (χ1v) is 10.9. The molecule has 1 N–H and O–H groups in total. The highest BCUT2D eigenvalue weighted by molar-refractivity contribution is 6.32. The molecule has 0 saturated carbocycles. The van der Waals surface area contributed by atoms with E-state index in [0.29, 0.717) is 0 Å². The second-order valence-electron chi connectivity index (χ2n) is 7.56. The van der Waals surface area contributed by atoms with Gasteiger partial charge in [0, 0.05) is 18.7 Å². The van der Waals surface area contributed by atoms with Gasteiger partial charge < -0.3 is 5.11 Å². The number of rotatable bonds is 5. The van der Waals surface area contributed by atoms with Gasteiger partial charge in [-0.05, 0) is 72.3 Å². The number of benzene rings is 3. The van der Waals surface area contributed by atoms with Gasteiger partial charge in [-0.2, -0.15) is 0 Å². The fraction of sp³-hybridized carbons (Fsp3) is 0.259. The smallest absolute Gasteiger partial charge is 0.0481 e. The van der Waals surface area contributed by atoms with E-state index in [2.05, 4.69) is 90.7 Å². The highest BCUT2D eigenvalue weighted by Gasteiger charge is 2.12. The zero-order valence-electron chi connectivity index (χ0n) is 17.8. The minimum atomic E-state index is 0.824. The Kier molecular flexibility index (Phi) is 8.27. The number of halogens is 1. The molecule has 0 aliphatic carbocycles. The lowest BCUT2D eigenvalue weighted by molar-refractivity contribution is 0.331. The number of likely N-dealkylation sites (tertiary alicyclic amines) is 1. The van der Waals surface area contributed by atoms with Crippen LogP contribution in [0.4, 0.5) is 0 Å². The van der Waals surface area contributed by atoms with Crippen molar-refractivity contribution < 1.29 is 5.11 Å². The van der Waals surface area contributed by atoms with Crippen molar-refractivity contribution in [3.63, 3.8) is 0 Å². The Bertz CT molecular complexity index is 975. The topological polar surface area (TPSA) is 23.5 Å². The van der Waals surface area contributed by atoms with Crippen molar-refractivity contribution in [2.24, 2.45) is 0 Å². The first-order chi connectivity index (χ1) is 14.7. The highest BCUT2D eigenvalue weighted by Crippen LogP contribution is 2.28. The van der Waals surface area contributed by atoms with E-state index >= 15 is 0 Å².